The molecule has 1 heterocycles. The number of guanidine groups is 1. The van der Waals surface area contributed by atoms with Gasteiger partial charge in [-0.3, -0.25) is 9.98 Å². The van der Waals surface area contributed by atoms with Gasteiger partial charge in [0.15, 0.2) is 12.6 Å². The zero-order valence-electron chi connectivity index (χ0n) is 16.5. The second kappa shape index (κ2) is 9.96. The van der Waals surface area contributed by atoms with E-state index in [0.717, 1.165) is 28.5 Å². The minimum atomic E-state index is -4.35. The number of benzene rings is 2. The van der Waals surface area contributed by atoms with Gasteiger partial charge in [-0.15, -0.1) is 0 Å². The topological polar surface area (TPSA) is 58.5 Å². The molecule has 2 aromatic carbocycles. The molecule has 1 aromatic heterocycles. The van der Waals surface area contributed by atoms with Gasteiger partial charge in [0.25, 0.3) is 0 Å². The maximum absolute atomic E-state index is 12.2. The standard InChI is InChI=1S/C22H23F3N4O/c1-26-21(28-13-11-18-5-2-4-17-6-3-12-27-20(17)18)29-14-16-7-9-19(10-8-16)30-15-22(23,24)25/h2-10,12H,11,13-15H2,1H3,(H2,26,28,29). The van der Waals surface area contributed by atoms with Crippen LogP contribution in [-0.4, -0.2) is 37.3 Å². The van der Waals surface area contributed by atoms with E-state index >= 15 is 0 Å². The summed E-state index contributed by atoms with van der Waals surface area (Å²) in [6, 6.07) is 16.6. The second-order valence-electron chi connectivity index (χ2n) is 6.64. The Hall–Kier alpha value is -3.29. The number of para-hydroxylation sites is 1. The van der Waals surface area contributed by atoms with Crippen molar-refractivity contribution in [1.29, 1.82) is 0 Å². The molecule has 3 aromatic rings. The van der Waals surface area contributed by atoms with Crippen molar-refractivity contribution in [1.82, 2.24) is 15.6 Å². The molecular weight excluding hydrogens is 393 g/mol. The molecule has 0 amide bonds. The third-order valence-corrected chi connectivity index (χ3v) is 4.41. The quantitative estimate of drug-likeness (QED) is 0.450. The van der Waals surface area contributed by atoms with Crippen LogP contribution >= 0.6 is 0 Å². The minimum absolute atomic E-state index is 0.183. The van der Waals surface area contributed by atoms with Crippen LogP contribution in [0.1, 0.15) is 11.1 Å². The van der Waals surface area contributed by atoms with Gasteiger partial charge in [-0.1, -0.05) is 36.4 Å². The second-order valence-corrected chi connectivity index (χ2v) is 6.64. The summed E-state index contributed by atoms with van der Waals surface area (Å²) in [4.78, 5) is 8.66. The van der Waals surface area contributed by atoms with Gasteiger partial charge in [-0.2, -0.15) is 13.2 Å². The van der Waals surface area contributed by atoms with Crippen molar-refractivity contribution >= 4 is 16.9 Å². The van der Waals surface area contributed by atoms with Crippen LogP contribution in [0.15, 0.2) is 65.8 Å². The fraction of sp³-hybridized carbons (Fsp3) is 0.273. The van der Waals surface area contributed by atoms with E-state index in [1.54, 1.807) is 25.4 Å². The lowest BCUT2D eigenvalue weighted by atomic mass is 10.1. The van der Waals surface area contributed by atoms with Crippen LogP contribution in [0.5, 0.6) is 5.75 Å². The normalized spacial score (nSPS) is 12.1. The van der Waals surface area contributed by atoms with Crippen LogP contribution in [-0.2, 0) is 13.0 Å². The van der Waals surface area contributed by atoms with E-state index in [-0.39, 0.29) is 5.75 Å². The molecule has 3 rings (SSSR count). The van der Waals surface area contributed by atoms with E-state index in [1.807, 2.05) is 24.3 Å². The van der Waals surface area contributed by atoms with Crippen LogP contribution in [0.3, 0.4) is 0 Å². The van der Waals surface area contributed by atoms with Gasteiger partial charge in [0.1, 0.15) is 5.75 Å². The number of aliphatic imine (C=N–C) groups is 1. The third-order valence-electron chi connectivity index (χ3n) is 4.41. The summed E-state index contributed by atoms with van der Waals surface area (Å²) in [5, 5.41) is 7.56. The summed E-state index contributed by atoms with van der Waals surface area (Å²) in [6.45, 7) is -0.137. The molecule has 0 radical (unpaired) electrons. The molecule has 0 bridgehead atoms. The van der Waals surface area contributed by atoms with Gasteiger partial charge in [0.05, 0.1) is 5.52 Å². The first-order valence-corrected chi connectivity index (χ1v) is 9.50. The van der Waals surface area contributed by atoms with Gasteiger partial charge in [-0.25, -0.2) is 0 Å². The molecule has 0 saturated carbocycles. The van der Waals surface area contributed by atoms with Gasteiger partial charge in [-0.05, 0) is 35.7 Å². The lowest BCUT2D eigenvalue weighted by Crippen LogP contribution is -2.37. The Balaban J connectivity index is 1.47. The number of ether oxygens (including phenoxy) is 1. The Morgan fingerprint density at radius 3 is 2.53 bits per heavy atom. The average molecular weight is 416 g/mol. The average Bonchev–Trinajstić information content (AvgIpc) is 2.75. The summed E-state index contributed by atoms with van der Waals surface area (Å²) in [7, 11) is 1.68. The molecule has 0 aliphatic carbocycles. The molecule has 0 atom stereocenters. The zero-order chi connectivity index (χ0) is 21.4. The summed E-state index contributed by atoms with van der Waals surface area (Å²) >= 11 is 0. The Morgan fingerprint density at radius 2 is 1.80 bits per heavy atom. The van der Waals surface area contributed by atoms with Crippen molar-refractivity contribution in [3.63, 3.8) is 0 Å². The molecule has 0 aliphatic heterocycles. The highest BCUT2D eigenvalue weighted by atomic mass is 19.4. The van der Waals surface area contributed by atoms with E-state index in [9.17, 15) is 13.2 Å². The molecule has 158 valence electrons. The number of halogens is 3. The number of rotatable bonds is 7. The van der Waals surface area contributed by atoms with Crippen molar-refractivity contribution in [2.45, 2.75) is 19.1 Å². The van der Waals surface area contributed by atoms with Gasteiger partial charge in [0, 0.05) is 31.7 Å². The van der Waals surface area contributed by atoms with Crippen molar-refractivity contribution in [3.05, 3.63) is 71.9 Å². The number of aromatic nitrogens is 1. The highest BCUT2D eigenvalue weighted by molar-refractivity contribution is 5.82. The summed E-state index contributed by atoms with van der Waals surface area (Å²) in [5.41, 5.74) is 3.05. The number of nitrogens with one attached hydrogen (secondary N) is 2. The van der Waals surface area contributed by atoms with E-state index in [0.29, 0.717) is 19.0 Å². The largest absolute Gasteiger partial charge is 0.484 e. The monoisotopic (exact) mass is 416 g/mol. The van der Waals surface area contributed by atoms with Crippen LogP contribution in [0.4, 0.5) is 13.2 Å². The summed E-state index contributed by atoms with van der Waals surface area (Å²) in [5.74, 6) is 0.822. The Labute approximate surface area is 173 Å². The van der Waals surface area contributed by atoms with Crippen LogP contribution in [0, 0.1) is 0 Å². The number of pyridine rings is 1. The number of nitrogens with zero attached hydrogens (tertiary/aromatic N) is 2. The SMILES string of the molecule is CN=C(NCCc1cccc2cccnc12)NCc1ccc(OCC(F)(F)F)cc1. The van der Waals surface area contributed by atoms with Gasteiger partial charge in [0.2, 0.25) is 0 Å². The smallest absolute Gasteiger partial charge is 0.422 e. The zero-order valence-corrected chi connectivity index (χ0v) is 16.5. The van der Waals surface area contributed by atoms with Crippen molar-refractivity contribution in [2.75, 3.05) is 20.2 Å². The molecule has 0 spiro atoms. The van der Waals surface area contributed by atoms with Crippen LogP contribution < -0.4 is 15.4 Å². The lowest BCUT2D eigenvalue weighted by molar-refractivity contribution is -0.153. The molecule has 30 heavy (non-hydrogen) atoms. The predicted octanol–water partition coefficient (Wildman–Crippen LogP) is 4.08. The predicted molar refractivity (Wildman–Crippen MR) is 112 cm³/mol. The highest BCUT2D eigenvalue weighted by Crippen LogP contribution is 2.19. The first-order valence-electron chi connectivity index (χ1n) is 9.50. The lowest BCUT2D eigenvalue weighted by Gasteiger charge is -2.13. The molecule has 0 aliphatic rings. The van der Waals surface area contributed by atoms with E-state index in [2.05, 4.69) is 26.7 Å². The molecule has 2 N–H and O–H groups in total. The minimum Gasteiger partial charge on any atom is -0.484 e. The van der Waals surface area contributed by atoms with Crippen LogP contribution in [0.2, 0.25) is 0 Å². The Bertz CT molecular complexity index is 982. The fourth-order valence-corrected chi connectivity index (χ4v) is 2.96. The van der Waals surface area contributed by atoms with Crippen molar-refractivity contribution in [2.24, 2.45) is 4.99 Å². The highest BCUT2D eigenvalue weighted by Gasteiger charge is 2.28. The first kappa shape index (κ1) is 21.4. The molecule has 0 unspecified atom stereocenters. The maximum atomic E-state index is 12.2. The Kier molecular flexibility index (Phi) is 7.11. The summed E-state index contributed by atoms with van der Waals surface area (Å²) < 4.78 is 41.3. The Morgan fingerprint density at radius 1 is 1.03 bits per heavy atom. The number of hydrogen-bond donors (Lipinski definition) is 2. The summed E-state index contributed by atoms with van der Waals surface area (Å²) in [6.07, 6.45) is -1.76. The molecule has 8 heteroatoms. The fourth-order valence-electron chi connectivity index (χ4n) is 2.96. The first-order chi connectivity index (χ1) is 14.4. The van der Waals surface area contributed by atoms with Gasteiger partial charge >= 0.3 is 6.18 Å². The third kappa shape index (κ3) is 6.37. The van der Waals surface area contributed by atoms with Crippen molar-refractivity contribution in [3.8, 4) is 5.75 Å². The van der Waals surface area contributed by atoms with E-state index < -0.39 is 12.8 Å². The number of fused-ring (bicyclic) bond motifs is 1. The molecular formula is C22H23F3N4O. The van der Waals surface area contributed by atoms with Crippen molar-refractivity contribution < 1.29 is 17.9 Å². The number of hydrogen-bond acceptors (Lipinski definition) is 3. The molecule has 0 saturated heterocycles. The maximum Gasteiger partial charge on any atom is 0.422 e. The van der Waals surface area contributed by atoms with Gasteiger partial charge < -0.3 is 15.4 Å². The number of alkyl halides is 3. The molecule has 5 nitrogen and oxygen atoms in total. The van der Waals surface area contributed by atoms with E-state index in [1.165, 1.54) is 12.1 Å². The van der Waals surface area contributed by atoms with Crippen LogP contribution in [0.25, 0.3) is 10.9 Å². The molecule has 0 fully saturated rings. The van der Waals surface area contributed by atoms with E-state index in [4.69, 9.17) is 4.74 Å².